The molecule has 0 radical (unpaired) electrons. The molecule has 1 atom stereocenters. The monoisotopic (exact) mass is 591 g/mol. The molecular formula is C38H30FN5O. The van der Waals surface area contributed by atoms with Crippen LogP contribution in [0.4, 0.5) is 10.1 Å². The molecular weight excluding hydrogens is 561 g/mol. The lowest BCUT2D eigenvalue weighted by molar-refractivity contribution is -0.119. The summed E-state index contributed by atoms with van der Waals surface area (Å²) in [6.07, 6.45) is 2.58. The molecule has 7 heteroatoms. The number of benzodiazepines with no additional fused rings is 1. The van der Waals surface area contributed by atoms with Crippen LogP contribution in [0.2, 0.25) is 0 Å². The lowest BCUT2D eigenvalue weighted by atomic mass is 9.77. The Labute approximate surface area is 260 Å². The van der Waals surface area contributed by atoms with E-state index < -0.39 is 23.4 Å². The van der Waals surface area contributed by atoms with Gasteiger partial charge in [-0.05, 0) is 34.9 Å². The van der Waals surface area contributed by atoms with Gasteiger partial charge in [-0.2, -0.15) is 0 Å². The summed E-state index contributed by atoms with van der Waals surface area (Å²) in [6.45, 7) is 0.144. The van der Waals surface area contributed by atoms with Crippen LogP contribution in [0.25, 0.3) is 0 Å². The number of carbonyl (C=O) groups is 1. The molecule has 0 bridgehead atoms. The van der Waals surface area contributed by atoms with Gasteiger partial charge in [0.05, 0.1) is 30.0 Å². The molecule has 220 valence electrons. The smallest absolute Gasteiger partial charge is 0.266 e. The van der Waals surface area contributed by atoms with Crippen molar-refractivity contribution in [1.29, 1.82) is 0 Å². The highest BCUT2D eigenvalue weighted by atomic mass is 19.1. The maximum atomic E-state index is 15.0. The van der Waals surface area contributed by atoms with Crippen LogP contribution >= 0.6 is 0 Å². The fourth-order valence-electron chi connectivity index (χ4n) is 6.26. The Balaban J connectivity index is 1.35. The van der Waals surface area contributed by atoms with Crippen molar-refractivity contribution >= 4 is 17.3 Å². The normalized spacial score (nSPS) is 14.9. The molecule has 1 aromatic heterocycles. The van der Waals surface area contributed by atoms with E-state index in [9.17, 15) is 9.18 Å². The third-order valence-corrected chi connectivity index (χ3v) is 8.28. The summed E-state index contributed by atoms with van der Waals surface area (Å²) in [7, 11) is 0. The first-order valence-corrected chi connectivity index (χ1v) is 14.8. The zero-order chi connectivity index (χ0) is 30.8. The van der Waals surface area contributed by atoms with Crippen LogP contribution in [0.5, 0.6) is 0 Å². The average Bonchev–Trinajstić information content (AvgIpc) is 3.53. The molecule has 6 nitrogen and oxygen atoms in total. The Kier molecular flexibility index (Phi) is 7.37. The highest BCUT2D eigenvalue weighted by Gasteiger charge is 2.39. The number of amides is 1. The van der Waals surface area contributed by atoms with E-state index >= 15 is 0 Å². The Morgan fingerprint density at radius 2 is 1.20 bits per heavy atom. The number of halogens is 1. The summed E-state index contributed by atoms with van der Waals surface area (Å²) in [5, 5.41) is 0. The van der Waals surface area contributed by atoms with E-state index in [0.29, 0.717) is 22.7 Å². The summed E-state index contributed by atoms with van der Waals surface area (Å²) in [4.78, 5) is 24.8. The summed E-state index contributed by atoms with van der Waals surface area (Å²) < 4.78 is 17.1. The van der Waals surface area contributed by atoms with E-state index in [0.717, 1.165) is 16.7 Å². The maximum Gasteiger partial charge on any atom is 0.266 e. The molecule has 0 saturated carbocycles. The van der Waals surface area contributed by atoms with Crippen molar-refractivity contribution < 1.29 is 9.18 Å². The number of rotatable bonds is 7. The minimum absolute atomic E-state index is 0.144. The predicted molar refractivity (Wildman–Crippen MR) is 174 cm³/mol. The largest absolute Gasteiger partial charge is 0.319 e. The fraction of sp³-hybridized carbons (Fsp3) is 0.0789. The molecule has 2 N–H and O–H groups in total. The van der Waals surface area contributed by atoms with Crippen LogP contribution in [-0.4, -0.2) is 27.3 Å². The zero-order valence-electron chi connectivity index (χ0n) is 24.4. The summed E-state index contributed by atoms with van der Waals surface area (Å²) in [5.41, 5.74) is 11.3. The van der Waals surface area contributed by atoms with Crippen molar-refractivity contribution in [1.82, 2.24) is 9.55 Å². The topological polar surface area (TPSA) is 76.5 Å². The fourth-order valence-corrected chi connectivity index (χ4v) is 6.26. The van der Waals surface area contributed by atoms with E-state index in [1.807, 2.05) is 91.4 Å². The van der Waals surface area contributed by atoms with Crippen molar-refractivity contribution in [2.75, 3.05) is 4.90 Å². The van der Waals surface area contributed by atoms with Gasteiger partial charge in [-0.3, -0.25) is 9.79 Å². The number of carbonyl (C=O) groups excluding carboxylic acids is 1. The zero-order valence-corrected chi connectivity index (χ0v) is 24.4. The Morgan fingerprint density at radius 1 is 0.689 bits per heavy atom. The second-order valence-corrected chi connectivity index (χ2v) is 10.9. The van der Waals surface area contributed by atoms with Gasteiger partial charge in [-0.15, -0.1) is 0 Å². The van der Waals surface area contributed by atoms with Gasteiger partial charge < -0.3 is 15.2 Å². The Bertz CT molecular complexity index is 1890. The predicted octanol–water partition coefficient (Wildman–Crippen LogP) is 6.53. The average molecular weight is 592 g/mol. The molecule has 2 heterocycles. The first kappa shape index (κ1) is 28.1. The van der Waals surface area contributed by atoms with E-state index in [1.54, 1.807) is 23.1 Å². The van der Waals surface area contributed by atoms with Gasteiger partial charge in [0.15, 0.2) is 6.17 Å². The van der Waals surface area contributed by atoms with Gasteiger partial charge in [-0.1, -0.05) is 121 Å². The number of hydrogen-bond acceptors (Lipinski definition) is 4. The SMILES string of the molecule is N[C@H]1N=C(c2ccccc2F)c2ccccc2N(Cc2cn(C(c3ccccc3)(c3ccccc3)c3ccccc3)cn2)C1=O. The minimum atomic E-state index is -1.22. The number of para-hydroxylation sites is 1. The number of anilines is 1. The highest BCUT2D eigenvalue weighted by molar-refractivity contribution is 6.20. The van der Waals surface area contributed by atoms with Gasteiger partial charge in [-0.25, -0.2) is 9.37 Å². The summed E-state index contributed by atoms with van der Waals surface area (Å²) >= 11 is 0. The number of benzene rings is 5. The number of hydrogen-bond donors (Lipinski definition) is 1. The van der Waals surface area contributed by atoms with E-state index in [-0.39, 0.29) is 12.1 Å². The lowest BCUT2D eigenvalue weighted by Crippen LogP contribution is -2.42. The molecule has 1 amide bonds. The molecule has 0 spiro atoms. The molecule has 0 fully saturated rings. The first-order chi connectivity index (χ1) is 22.1. The summed E-state index contributed by atoms with van der Waals surface area (Å²) in [5.74, 6) is -0.833. The molecule has 1 aliphatic rings. The quantitative estimate of drug-likeness (QED) is 0.215. The molecule has 45 heavy (non-hydrogen) atoms. The van der Waals surface area contributed by atoms with Crippen molar-refractivity contribution in [3.63, 3.8) is 0 Å². The van der Waals surface area contributed by atoms with Crippen LogP contribution in [0.15, 0.2) is 157 Å². The highest BCUT2D eigenvalue weighted by Crippen LogP contribution is 2.41. The molecule has 0 unspecified atom stereocenters. The van der Waals surface area contributed by atoms with E-state index in [4.69, 9.17) is 10.7 Å². The summed E-state index contributed by atoms with van der Waals surface area (Å²) in [6, 6.07) is 44.7. The van der Waals surface area contributed by atoms with Gasteiger partial charge >= 0.3 is 0 Å². The van der Waals surface area contributed by atoms with Crippen LogP contribution in [0, 0.1) is 5.82 Å². The number of fused-ring (bicyclic) bond motifs is 1. The number of nitrogens with two attached hydrogens (primary N) is 1. The second-order valence-electron chi connectivity index (χ2n) is 10.9. The van der Waals surface area contributed by atoms with E-state index in [1.165, 1.54) is 6.07 Å². The molecule has 5 aromatic carbocycles. The van der Waals surface area contributed by atoms with Crippen LogP contribution < -0.4 is 10.6 Å². The second kappa shape index (κ2) is 11.8. The van der Waals surface area contributed by atoms with Crippen LogP contribution in [0.3, 0.4) is 0 Å². The third kappa shape index (κ3) is 4.93. The molecule has 0 aliphatic carbocycles. The standard InChI is InChI=1S/C38H30FN5O/c39-33-22-12-10-20-31(33)35-32-21-11-13-23-34(32)44(37(45)36(40)42-35)25-30-24-43(26-41-30)38(27-14-4-1-5-15-27,28-16-6-2-7-17-28)29-18-8-3-9-19-29/h1-24,26,36H,25,40H2/t36-/m0/s1. The van der Waals surface area contributed by atoms with Gasteiger partial charge in [0.1, 0.15) is 11.4 Å². The molecule has 6 aromatic rings. The minimum Gasteiger partial charge on any atom is -0.319 e. The van der Waals surface area contributed by atoms with Crippen LogP contribution in [0.1, 0.15) is 33.5 Å². The number of nitrogens with zero attached hydrogens (tertiary/aromatic N) is 4. The van der Waals surface area contributed by atoms with Gasteiger partial charge in [0.25, 0.3) is 5.91 Å². The number of aromatic nitrogens is 2. The molecule has 0 saturated heterocycles. The van der Waals surface area contributed by atoms with Crippen molar-refractivity contribution in [3.05, 3.63) is 191 Å². The Hall–Kier alpha value is -5.66. The van der Waals surface area contributed by atoms with Gasteiger partial charge in [0, 0.05) is 17.3 Å². The van der Waals surface area contributed by atoms with Crippen molar-refractivity contribution in [2.45, 2.75) is 18.2 Å². The van der Waals surface area contributed by atoms with Crippen molar-refractivity contribution in [2.24, 2.45) is 10.7 Å². The first-order valence-electron chi connectivity index (χ1n) is 14.8. The van der Waals surface area contributed by atoms with Gasteiger partial charge in [0.2, 0.25) is 0 Å². The molecule has 7 rings (SSSR count). The third-order valence-electron chi connectivity index (χ3n) is 8.28. The number of imidazole rings is 1. The van der Waals surface area contributed by atoms with Crippen molar-refractivity contribution in [3.8, 4) is 0 Å². The van der Waals surface area contributed by atoms with E-state index in [2.05, 4.69) is 46.0 Å². The number of aliphatic imine (C=N–C) groups is 1. The lowest BCUT2D eigenvalue weighted by Gasteiger charge is -2.37. The maximum absolute atomic E-state index is 15.0. The molecule has 1 aliphatic heterocycles. The van der Waals surface area contributed by atoms with Crippen LogP contribution in [-0.2, 0) is 16.9 Å². The Morgan fingerprint density at radius 3 is 1.78 bits per heavy atom.